The molecule has 0 bridgehead atoms. The number of unbranched alkanes of at least 4 members (excludes halogenated alkanes) is 7. The Morgan fingerprint density at radius 2 is 1.31 bits per heavy atom. The highest BCUT2D eigenvalue weighted by Crippen LogP contribution is 2.25. The molecule has 0 aliphatic rings. The van der Waals surface area contributed by atoms with Crippen LogP contribution in [-0.2, 0) is 0 Å². The average molecular weight is 493 g/mol. The molecule has 36 heavy (non-hydrogen) atoms. The zero-order valence-electron chi connectivity index (χ0n) is 20.7. The lowest BCUT2D eigenvalue weighted by molar-refractivity contribution is 0.0694. The molecule has 3 aromatic rings. The monoisotopic (exact) mass is 492 g/mol. The van der Waals surface area contributed by atoms with Crippen molar-refractivity contribution in [1.82, 2.24) is 0 Å². The molecular weight excluding hydrogens is 459 g/mol. The third-order valence-corrected chi connectivity index (χ3v) is 5.96. The Hall–Kier alpha value is -3.67. The van der Waals surface area contributed by atoms with Crippen molar-refractivity contribution in [1.29, 1.82) is 0 Å². The number of benzene rings is 3. The summed E-state index contributed by atoms with van der Waals surface area (Å²) in [5.74, 6) is -2.07. The van der Waals surface area contributed by atoms with Gasteiger partial charge in [-0.05, 0) is 53.9 Å². The maximum atomic E-state index is 14.5. The maximum Gasteiger partial charge on any atom is 0.343 e. The van der Waals surface area contributed by atoms with Crippen LogP contribution in [0.3, 0.4) is 0 Å². The highest BCUT2D eigenvalue weighted by Gasteiger charge is 2.13. The van der Waals surface area contributed by atoms with Crippen molar-refractivity contribution in [2.45, 2.75) is 58.3 Å². The van der Waals surface area contributed by atoms with Crippen molar-refractivity contribution < 1.29 is 28.6 Å². The summed E-state index contributed by atoms with van der Waals surface area (Å²) in [7, 11) is 0. The van der Waals surface area contributed by atoms with Crippen molar-refractivity contribution in [3.63, 3.8) is 0 Å². The van der Waals surface area contributed by atoms with Crippen molar-refractivity contribution in [3.8, 4) is 22.6 Å². The molecule has 3 aromatic carbocycles. The number of carbonyl (C=O) groups excluding carboxylic acids is 1. The molecule has 5 nitrogen and oxygen atoms in total. The number of hydrogen-bond acceptors (Lipinski definition) is 4. The van der Waals surface area contributed by atoms with E-state index in [0.717, 1.165) is 24.0 Å². The van der Waals surface area contributed by atoms with Crippen LogP contribution >= 0.6 is 0 Å². The molecule has 1 N–H and O–H groups in total. The van der Waals surface area contributed by atoms with Gasteiger partial charge in [0, 0.05) is 6.07 Å². The van der Waals surface area contributed by atoms with E-state index in [0.29, 0.717) is 12.4 Å². The number of halogens is 1. The minimum atomic E-state index is -0.991. The van der Waals surface area contributed by atoms with Gasteiger partial charge in [-0.3, -0.25) is 0 Å². The summed E-state index contributed by atoms with van der Waals surface area (Å²) in [6.07, 6.45) is 9.60. The van der Waals surface area contributed by atoms with Crippen LogP contribution in [0.5, 0.6) is 11.5 Å². The lowest BCUT2D eigenvalue weighted by atomic mass is 10.0. The quantitative estimate of drug-likeness (QED) is 0.140. The third-order valence-electron chi connectivity index (χ3n) is 5.96. The molecule has 0 atom stereocenters. The summed E-state index contributed by atoms with van der Waals surface area (Å²) in [6, 6.07) is 17.3. The van der Waals surface area contributed by atoms with Crippen molar-refractivity contribution in [3.05, 3.63) is 83.7 Å². The van der Waals surface area contributed by atoms with E-state index in [1.54, 1.807) is 42.5 Å². The predicted octanol–water partition coefficient (Wildman–Crippen LogP) is 7.93. The van der Waals surface area contributed by atoms with Crippen molar-refractivity contribution >= 4 is 11.9 Å². The van der Waals surface area contributed by atoms with Gasteiger partial charge in [0.1, 0.15) is 5.75 Å². The van der Waals surface area contributed by atoms with E-state index in [4.69, 9.17) is 14.6 Å². The van der Waals surface area contributed by atoms with Gasteiger partial charge in [0.15, 0.2) is 11.6 Å². The molecule has 0 fully saturated rings. The molecule has 0 unspecified atom stereocenters. The first-order valence-electron chi connectivity index (χ1n) is 12.6. The van der Waals surface area contributed by atoms with Gasteiger partial charge >= 0.3 is 11.9 Å². The second-order valence-corrected chi connectivity index (χ2v) is 8.76. The van der Waals surface area contributed by atoms with E-state index in [2.05, 4.69) is 6.92 Å². The topological polar surface area (TPSA) is 72.8 Å². The van der Waals surface area contributed by atoms with E-state index in [-0.39, 0.29) is 16.9 Å². The van der Waals surface area contributed by atoms with Gasteiger partial charge in [-0.2, -0.15) is 0 Å². The highest BCUT2D eigenvalue weighted by atomic mass is 19.1. The van der Waals surface area contributed by atoms with Crippen LogP contribution in [0.25, 0.3) is 11.1 Å². The zero-order chi connectivity index (χ0) is 25.8. The van der Waals surface area contributed by atoms with Crippen LogP contribution in [0.2, 0.25) is 0 Å². The lowest BCUT2D eigenvalue weighted by Gasteiger charge is -2.10. The first-order valence-corrected chi connectivity index (χ1v) is 12.6. The Labute approximate surface area is 211 Å². The lowest BCUT2D eigenvalue weighted by Crippen LogP contribution is -2.09. The molecule has 3 rings (SSSR count). The van der Waals surface area contributed by atoms with E-state index >= 15 is 0 Å². The van der Waals surface area contributed by atoms with Crippen molar-refractivity contribution in [2.75, 3.05) is 6.61 Å². The Bertz CT molecular complexity index is 1120. The van der Waals surface area contributed by atoms with E-state index in [1.165, 1.54) is 62.8 Å². The number of esters is 1. The first kappa shape index (κ1) is 26.9. The van der Waals surface area contributed by atoms with Gasteiger partial charge in [0.25, 0.3) is 0 Å². The Kier molecular flexibility index (Phi) is 10.5. The Morgan fingerprint density at radius 3 is 1.86 bits per heavy atom. The van der Waals surface area contributed by atoms with Crippen LogP contribution in [0, 0.1) is 5.82 Å². The molecule has 190 valence electrons. The SMILES string of the molecule is CCCCCCCCCCOc1ccc(OC(=O)c2ccc(-c3ccc(C(=O)O)cc3)cc2)c(F)c1. The van der Waals surface area contributed by atoms with Gasteiger partial charge in [0.05, 0.1) is 17.7 Å². The van der Waals surface area contributed by atoms with Gasteiger partial charge in [-0.1, -0.05) is 76.1 Å². The molecule has 0 amide bonds. The minimum absolute atomic E-state index is 0.159. The van der Waals surface area contributed by atoms with Gasteiger partial charge in [-0.15, -0.1) is 0 Å². The number of rotatable bonds is 14. The summed E-state index contributed by atoms with van der Waals surface area (Å²) in [5, 5.41) is 9.01. The fraction of sp³-hybridized carbons (Fsp3) is 0.333. The highest BCUT2D eigenvalue weighted by molar-refractivity contribution is 5.92. The number of carboxylic acids is 1. The van der Waals surface area contributed by atoms with Crippen LogP contribution in [0.1, 0.15) is 79.0 Å². The molecule has 0 heterocycles. The van der Waals surface area contributed by atoms with Crippen LogP contribution in [-0.4, -0.2) is 23.7 Å². The molecule has 0 aromatic heterocycles. The molecule has 0 saturated carbocycles. The standard InChI is InChI=1S/C30H33FO5/c1-2-3-4-5-6-7-8-9-20-35-26-18-19-28(27(31)21-26)36-30(34)25-16-12-23(13-17-25)22-10-14-24(15-11-22)29(32)33/h10-19,21H,2-9,20H2,1H3,(H,32,33). The summed E-state index contributed by atoms with van der Waals surface area (Å²) in [6.45, 7) is 2.74. The van der Waals surface area contributed by atoms with Crippen LogP contribution in [0.4, 0.5) is 4.39 Å². The fourth-order valence-corrected chi connectivity index (χ4v) is 3.84. The number of carbonyl (C=O) groups is 2. The van der Waals surface area contributed by atoms with E-state index in [1.807, 2.05) is 0 Å². The third kappa shape index (κ3) is 8.22. The normalized spacial score (nSPS) is 10.7. The van der Waals surface area contributed by atoms with Crippen LogP contribution < -0.4 is 9.47 Å². The summed E-state index contributed by atoms with van der Waals surface area (Å²) in [4.78, 5) is 23.5. The van der Waals surface area contributed by atoms with Crippen molar-refractivity contribution in [2.24, 2.45) is 0 Å². The Balaban J connectivity index is 1.46. The number of carboxylic acid groups (broad SMARTS) is 1. The number of hydrogen-bond donors (Lipinski definition) is 1. The van der Waals surface area contributed by atoms with Gasteiger partial charge < -0.3 is 14.6 Å². The molecule has 0 radical (unpaired) electrons. The zero-order valence-corrected chi connectivity index (χ0v) is 20.7. The van der Waals surface area contributed by atoms with Gasteiger partial charge in [-0.25, -0.2) is 14.0 Å². The average Bonchev–Trinajstić information content (AvgIpc) is 2.89. The summed E-state index contributed by atoms with van der Waals surface area (Å²) < 4.78 is 25.4. The molecule has 0 spiro atoms. The largest absolute Gasteiger partial charge is 0.493 e. The minimum Gasteiger partial charge on any atom is -0.493 e. The fourth-order valence-electron chi connectivity index (χ4n) is 3.84. The summed E-state index contributed by atoms with van der Waals surface area (Å²) >= 11 is 0. The second-order valence-electron chi connectivity index (χ2n) is 8.76. The van der Waals surface area contributed by atoms with E-state index < -0.39 is 17.8 Å². The van der Waals surface area contributed by atoms with Gasteiger partial charge in [0.2, 0.25) is 0 Å². The second kappa shape index (κ2) is 14.0. The molecule has 6 heteroatoms. The molecular formula is C30H33FO5. The summed E-state index contributed by atoms with van der Waals surface area (Å²) in [5.41, 5.74) is 2.10. The molecule has 0 saturated heterocycles. The smallest absolute Gasteiger partial charge is 0.343 e. The Morgan fingerprint density at radius 1 is 0.750 bits per heavy atom. The molecule has 0 aliphatic heterocycles. The number of aromatic carboxylic acids is 1. The van der Waals surface area contributed by atoms with Crippen LogP contribution in [0.15, 0.2) is 66.7 Å². The maximum absolute atomic E-state index is 14.5. The first-order chi connectivity index (χ1) is 17.5. The van der Waals surface area contributed by atoms with E-state index in [9.17, 15) is 14.0 Å². The predicted molar refractivity (Wildman–Crippen MR) is 138 cm³/mol. The molecule has 0 aliphatic carbocycles. The number of ether oxygens (including phenoxy) is 2.